The van der Waals surface area contributed by atoms with Gasteiger partial charge in [0.2, 0.25) is 0 Å². The molecule has 2 rings (SSSR count). The van der Waals surface area contributed by atoms with Crippen LogP contribution in [0.5, 0.6) is 0 Å². The maximum atomic E-state index is 4.69. The van der Waals surface area contributed by atoms with E-state index >= 15 is 0 Å². The molecule has 20 heavy (non-hydrogen) atoms. The largest absolute Gasteiger partial charge is 0.391 e. The molecule has 0 saturated heterocycles. The molecule has 1 aliphatic rings. The minimum absolute atomic E-state index is 0.859. The summed E-state index contributed by atoms with van der Waals surface area (Å²) in [7, 11) is 0. The van der Waals surface area contributed by atoms with E-state index in [0.29, 0.717) is 0 Å². The molecular formula is C16H24N4. The van der Waals surface area contributed by atoms with Crippen molar-refractivity contribution in [2.75, 3.05) is 26.2 Å². The Bertz CT molecular complexity index is 450. The zero-order chi connectivity index (χ0) is 14.2. The van der Waals surface area contributed by atoms with Gasteiger partial charge in [-0.1, -0.05) is 6.07 Å². The van der Waals surface area contributed by atoms with Crippen LogP contribution >= 0.6 is 0 Å². The highest BCUT2D eigenvalue weighted by Gasteiger charge is 2.03. The van der Waals surface area contributed by atoms with E-state index in [1.807, 2.05) is 25.1 Å². The lowest BCUT2D eigenvalue weighted by Gasteiger charge is -2.06. The van der Waals surface area contributed by atoms with E-state index in [4.69, 9.17) is 4.98 Å². The van der Waals surface area contributed by atoms with Crippen molar-refractivity contribution in [3.05, 3.63) is 35.8 Å². The fraction of sp³-hybridized carbons (Fsp3) is 0.500. The highest BCUT2D eigenvalue weighted by Crippen LogP contribution is 2.11. The lowest BCUT2D eigenvalue weighted by Crippen LogP contribution is -2.21. The Morgan fingerprint density at radius 3 is 2.70 bits per heavy atom. The van der Waals surface area contributed by atoms with E-state index in [9.17, 15) is 0 Å². The first-order valence-corrected chi connectivity index (χ1v) is 7.37. The van der Waals surface area contributed by atoms with Crippen molar-refractivity contribution in [3.63, 3.8) is 0 Å². The van der Waals surface area contributed by atoms with Crippen molar-refractivity contribution in [1.82, 2.24) is 15.6 Å². The van der Waals surface area contributed by atoms with Gasteiger partial charge >= 0.3 is 0 Å². The fourth-order valence-electron chi connectivity index (χ4n) is 2.13. The van der Waals surface area contributed by atoms with Gasteiger partial charge in [-0.05, 0) is 57.5 Å². The number of rotatable bonds is 0. The molecule has 1 aromatic rings. The monoisotopic (exact) mass is 272 g/mol. The van der Waals surface area contributed by atoms with E-state index in [1.165, 1.54) is 0 Å². The van der Waals surface area contributed by atoms with Crippen LogP contribution in [0.15, 0.2) is 29.4 Å². The number of aliphatic imine (C=N–C) groups is 1. The molecule has 1 aromatic heterocycles. The maximum Gasteiger partial charge on any atom is 0.0844 e. The first kappa shape index (κ1) is 14.7. The summed E-state index contributed by atoms with van der Waals surface area (Å²) in [4.78, 5) is 9.30. The number of hydrogen-bond acceptors (Lipinski definition) is 4. The van der Waals surface area contributed by atoms with Gasteiger partial charge in [0, 0.05) is 19.3 Å². The van der Waals surface area contributed by atoms with Gasteiger partial charge in [-0.25, -0.2) is 4.98 Å². The van der Waals surface area contributed by atoms with Crippen LogP contribution < -0.4 is 10.6 Å². The number of nitrogens with zero attached hydrogens (tertiary/aromatic N) is 2. The van der Waals surface area contributed by atoms with Crippen LogP contribution in [0.1, 0.15) is 38.1 Å². The molecule has 0 unspecified atom stereocenters. The van der Waals surface area contributed by atoms with E-state index in [0.717, 1.165) is 61.7 Å². The second kappa shape index (κ2) is 7.80. The molecule has 2 N–H and O–H groups in total. The highest BCUT2D eigenvalue weighted by molar-refractivity contribution is 5.97. The van der Waals surface area contributed by atoms with Gasteiger partial charge in [0.25, 0.3) is 0 Å². The van der Waals surface area contributed by atoms with E-state index in [-0.39, 0.29) is 0 Å². The molecule has 0 aliphatic carbocycles. The number of pyridine rings is 1. The van der Waals surface area contributed by atoms with Crippen molar-refractivity contribution in [2.24, 2.45) is 4.99 Å². The summed E-state index contributed by atoms with van der Waals surface area (Å²) >= 11 is 0. The molecular weight excluding hydrogens is 248 g/mol. The van der Waals surface area contributed by atoms with Gasteiger partial charge in [0.15, 0.2) is 0 Å². The van der Waals surface area contributed by atoms with Crippen LogP contribution in [-0.2, 0) is 0 Å². The lowest BCUT2D eigenvalue weighted by atomic mass is 10.1. The minimum atomic E-state index is 0.859. The Kier molecular flexibility index (Phi) is 5.74. The van der Waals surface area contributed by atoms with Crippen molar-refractivity contribution in [2.45, 2.75) is 26.7 Å². The number of aromatic nitrogens is 1. The topological polar surface area (TPSA) is 49.3 Å². The summed E-state index contributed by atoms with van der Waals surface area (Å²) in [5.74, 6) is 0. The zero-order valence-electron chi connectivity index (χ0n) is 12.4. The number of nitrogens with one attached hydrogen (secondary N) is 2. The van der Waals surface area contributed by atoms with Crippen LogP contribution in [0.25, 0.3) is 5.57 Å². The van der Waals surface area contributed by atoms with E-state index in [2.05, 4.69) is 28.7 Å². The van der Waals surface area contributed by atoms with Gasteiger partial charge in [-0.15, -0.1) is 0 Å². The Morgan fingerprint density at radius 1 is 1.00 bits per heavy atom. The summed E-state index contributed by atoms with van der Waals surface area (Å²) in [6.45, 7) is 8.04. The standard InChI is InChI=1S/C16H24N4/c1-13-12-18-10-4-8-17-9-5-11-19-14(2)16-7-3-6-15(13)20-16/h3,6-7,12,17-18H,4-5,8-11H2,1-2H3/b13-12+,19-14?. The molecule has 0 aromatic carbocycles. The highest BCUT2D eigenvalue weighted by atomic mass is 14.9. The third-order valence-electron chi connectivity index (χ3n) is 3.38. The number of allylic oxidation sites excluding steroid dienone is 1. The van der Waals surface area contributed by atoms with Gasteiger partial charge in [-0.2, -0.15) is 0 Å². The van der Waals surface area contributed by atoms with Gasteiger partial charge in [0.05, 0.1) is 17.1 Å². The molecule has 4 nitrogen and oxygen atoms in total. The smallest absolute Gasteiger partial charge is 0.0844 e. The predicted octanol–water partition coefficient (Wildman–Crippen LogP) is 2.22. The molecule has 0 saturated carbocycles. The molecule has 1 aliphatic heterocycles. The van der Waals surface area contributed by atoms with Gasteiger partial charge in [-0.3, -0.25) is 4.99 Å². The molecule has 0 atom stereocenters. The Balaban J connectivity index is 2.20. The van der Waals surface area contributed by atoms with E-state index in [1.54, 1.807) is 0 Å². The normalized spacial score (nSPS) is 20.7. The van der Waals surface area contributed by atoms with Crippen molar-refractivity contribution >= 4 is 11.3 Å². The molecule has 0 radical (unpaired) electrons. The Hall–Kier alpha value is -1.68. The first-order valence-electron chi connectivity index (χ1n) is 7.37. The third kappa shape index (κ3) is 4.46. The average molecular weight is 272 g/mol. The van der Waals surface area contributed by atoms with E-state index < -0.39 is 0 Å². The fourth-order valence-corrected chi connectivity index (χ4v) is 2.13. The van der Waals surface area contributed by atoms with Crippen molar-refractivity contribution in [1.29, 1.82) is 0 Å². The summed E-state index contributed by atoms with van der Waals surface area (Å²) in [5, 5.41) is 6.79. The van der Waals surface area contributed by atoms with Gasteiger partial charge < -0.3 is 10.6 Å². The summed E-state index contributed by atoms with van der Waals surface area (Å²) in [6.07, 6.45) is 4.25. The van der Waals surface area contributed by atoms with Crippen LogP contribution in [0.2, 0.25) is 0 Å². The molecule has 0 spiro atoms. The average Bonchev–Trinajstić information content (AvgIpc) is 2.48. The number of hydrogen-bond donors (Lipinski definition) is 2. The van der Waals surface area contributed by atoms with Crippen molar-refractivity contribution in [3.8, 4) is 0 Å². The second-order valence-corrected chi connectivity index (χ2v) is 5.11. The molecule has 108 valence electrons. The Morgan fingerprint density at radius 2 is 1.80 bits per heavy atom. The molecule has 0 fully saturated rings. The lowest BCUT2D eigenvalue weighted by molar-refractivity contribution is 0.616. The predicted molar refractivity (Wildman–Crippen MR) is 85.1 cm³/mol. The quantitative estimate of drug-likeness (QED) is 0.761. The molecule has 0 amide bonds. The first-order chi connectivity index (χ1) is 9.77. The van der Waals surface area contributed by atoms with Crippen LogP contribution in [0.3, 0.4) is 0 Å². The van der Waals surface area contributed by atoms with Gasteiger partial charge in [0.1, 0.15) is 0 Å². The third-order valence-corrected chi connectivity index (χ3v) is 3.38. The summed E-state index contributed by atoms with van der Waals surface area (Å²) in [6, 6.07) is 6.12. The minimum Gasteiger partial charge on any atom is -0.391 e. The SMILES string of the molecule is CC1=NCCCNCCCN/C=C(\C)c2cccc1n2. The second-order valence-electron chi connectivity index (χ2n) is 5.11. The maximum absolute atomic E-state index is 4.69. The number of fused-ring (bicyclic) bond motifs is 2. The van der Waals surface area contributed by atoms with Crippen LogP contribution in [-0.4, -0.2) is 36.9 Å². The molecule has 4 heteroatoms. The Labute approximate surface area is 121 Å². The molecule has 2 bridgehead atoms. The van der Waals surface area contributed by atoms with Crippen LogP contribution in [0.4, 0.5) is 0 Å². The molecule has 2 heterocycles. The van der Waals surface area contributed by atoms with Crippen LogP contribution in [0, 0.1) is 0 Å². The zero-order valence-corrected chi connectivity index (χ0v) is 12.4. The summed E-state index contributed by atoms with van der Waals surface area (Å²) < 4.78 is 0. The van der Waals surface area contributed by atoms with Crippen molar-refractivity contribution < 1.29 is 0 Å². The summed E-state index contributed by atoms with van der Waals surface area (Å²) in [5.41, 5.74) is 4.15.